The Morgan fingerprint density at radius 3 is 2.68 bits per heavy atom. The fourth-order valence-corrected chi connectivity index (χ4v) is 2.22. The van der Waals surface area contributed by atoms with Crippen LogP contribution in [0.2, 0.25) is 0 Å². The van der Waals surface area contributed by atoms with Gasteiger partial charge in [0.2, 0.25) is 5.91 Å². The number of nitrogens with one attached hydrogen (secondary N) is 1. The van der Waals surface area contributed by atoms with Crippen LogP contribution in [0.1, 0.15) is 38.4 Å². The lowest BCUT2D eigenvalue weighted by Crippen LogP contribution is -2.36. The Kier molecular flexibility index (Phi) is 5.53. The van der Waals surface area contributed by atoms with Gasteiger partial charge in [-0.3, -0.25) is 9.69 Å². The molecule has 1 aromatic heterocycles. The molecule has 0 radical (unpaired) electrons. The van der Waals surface area contributed by atoms with Crippen molar-refractivity contribution in [1.29, 1.82) is 0 Å². The van der Waals surface area contributed by atoms with Crippen LogP contribution in [-0.4, -0.2) is 42.1 Å². The molecule has 5 heteroatoms. The molecule has 2 rings (SSSR count). The Hall–Kier alpha value is -1.46. The maximum absolute atomic E-state index is 12.3. The number of hydrogen-bond donors (Lipinski definition) is 1. The van der Waals surface area contributed by atoms with Crippen molar-refractivity contribution in [3.05, 3.63) is 23.4 Å². The first kappa shape index (κ1) is 16.9. The molecule has 1 amide bonds. The molecule has 0 aliphatic carbocycles. The minimum atomic E-state index is -0.378. The molecule has 1 N–H and O–H groups in total. The summed E-state index contributed by atoms with van der Waals surface area (Å²) in [5.74, 6) is 0.657. The van der Waals surface area contributed by atoms with Gasteiger partial charge in [-0.1, -0.05) is 26.8 Å². The quantitative estimate of drug-likeness (QED) is 0.908. The maximum atomic E-state index is 12.3. The molecule has 1 aliphatic rings. The summed E-state index contributed by atoms with van der Waals surface area (Å²) in [5.41, 5.74) is 1.80. The molecule has 0 aromatic carbocycles. The summed E-state index contributed by atoms with van der Waals surface area (Å²) in [5, 5.41) is 2.94. The molecule has 0 saturated carbocycles. The van der Waals surface area contributed by atoms with Crippen molar-refractivity contribution in [3.63, 3.8) is 0 Å². The van der Waals surface area contributed by atoms with Crippen LogP contribution in [-0.2, 0) is 16.1 Å². The predicted molar refractivity (Wildman–Crippen MR) is 87.8 cm³/mol. The van der Waals surface area contributed by atoms with Gasteiger partial charge in [-0.2, -0.15) is 0 Å². The van der Waals surface area contributed by atoms with Crippen molar-refractivity contribution in [3.8, 4) is 0 Å². The van der Waals surface area contributed by atoms with Gasteiger partial charge in [-0.25, -0.2) is 4.98 Å². The number of nitrogens with zero attached hydrogens (tertiary/aromatic N) is 2. The van der Waals surface area contributed by atoms with E-state index in [9.17, 15) is 4.79 Å². The van der Waals surface area contributed by atoms with Gasteiger partial charge in [-0.15, -0.1) is 0 Å². The fourth-order valence-electron chi connectivity index (χ4n) is 2.22. The normalized spacial score (nSPS) is 16.5. The van der Waals surface area contributed by atoms with Gasteiger partial charge in [0.15, 0.2) is 0 Å². The predicted octanol–water partition coefficient (Wildman–Crippen LogP) is 2.60. The number of ether oxygens (including phenoxy) is 1. The second-order valence-electron chi connectivity index (χ2n) is 6.54. The van der Waals surface area contributed by atoms with Gasteiger partial charge >= 0.3 is 0 Å². The first-order valence-corrected chi connectivity index (χ1v) is 8.00. The van der Waals surface area contributed by atoms with Crippen LogP contribution in [0.15, 0.2) is 12.1 Å². The largest absolute Gasteiger partial charge is 0.379 e. The van der Waals surface area contributed by atoms with Gasteiger partial charge in [0.25, 0.3) is 0 Å². The Morgan fingerprint density at radius 1 is 1.36 bits per heavy atom. The van der Waals surface area contributed by atoms with Crippen molar-refractivity contribution in [1.82, 2.24) is 9.88 Å². The minimum absolute atomic E-state index is 0.0173. The van der Waals surface area contributed by atoms with E-state index in [0.717, 1.165) is 50.5 Å². The first-order valence-electron chi connectivity index (χ1n) is 8.00. The van der Waals surface area contributed by atoms with Crippen LogP contribution in [0.3, 0.4) is 0 Å². The lowest BCUT2D eigenvalue weighted by molar-refractivity contribution is -0.124. The maximum Gasteiger partial charge on any atom is 0.231 e. The van der Waals surface area contributed by atoms with E-state index in [1.165, 1.54) is 0 Å². The molecule has 1 saturated heterocycles. The first-order chi connectivity index (χ1) is 10.4. The fraction of sp³-hybridized carbons (Fsp3) is 0.647. The van der Waals surface area contributed by atoms with Crippen molar-refractivity contribution in [2.45, 2.75) is 40.7 Å². The third kappa shape index (κ3) is 4.27. The van der Waals surface area contributed by atoms with Crippen LogP contribution in [0, 0.1) is 12.3 Å². The molecule has 1 aliphatic heterocycles. The number of amides is 1. The summed E-state index contributed by atoms with van der Waals surface area (Å²) in [6.07, 6.45) is 0.797. The molecule has 1 fully saturated rings. The Labute approximate surface area is 133 Å². The van der Waals surface area contributed by atoms with Gasteiger partial charge in [0.05, 0.1) is 18.9 Å². The number of anilines is 1. The zero-order chi connectivity index (χ0) is 16.2. The summed E-state index contributed by atoms with van der Waals surface area (Å²) < 4.78 is 5.37. The Bertz CT molecular complexity index is 523. The zero-order valence-corrected chi connectivity index (χ0v) is 14.1. The topological polar surface area (TPSA) is 54.5 Å². The highest BCUT2D eigenvalue weighted by Gasteiger charge is 2.25. The van der Waals surface area contributed by atoms with Gasteiger partial charge in [0.1, 0.15) is 5.82 Å². The second kappa shape index (κ2) is 7.20. The average molecular weight is 305 g/mol. The standard InChI is InChI=1S/C17H27N3O2/c1-5-17(3,4)16(21)19-15-7-6-13(2)14(18-15)12-20-8-10-22-11-9-20/h6-7H,5,8-12H2,1-4H3,(H,18,19,21). The summed E-state index contributed by atoms with van der Waals surface area (Å²) in [6.45, 7) is 12.2. The van der Waals surface area contributed by atoms with Crippen molar-refractivity contribution in [2.75, 3.05) is 31.6 Å². The Balaban J connectivity index is 2.07. The average Bonchev–Trinajstić information content (AvgIpc) is 2.51. The number of aromatic nitrogens is 1. The van der Waals surface area contributed by atoms with Crippen LogP contribution < -0.4 is 5.32 Å². The summed E-state index contributed by atoms with van der Waals surface area (Å²) in [6, 6.07) is 3.90. The SMILES string of the molecule is CCC(C)(C)C(=O)Nc1ccc(C)c(CN2CCOCC2)n1. The van der Waals surface area contributed by atoms with Crippen molar-refractivity contribution in [2.24, 2.45) is 5.41 Å². The summed E-state index contributed by atoms with van der Waals surface area (Å²) in [7, 11) is 0. The number of morpholine rings is 1. The molecule has 122 valence electrons. The molecule has 5 nitrogen and oxygen atoms in total. The van der Waals surface area contributed by atoms with E-state index in [4.69, 9.17) is 4.74 Å². The van der Waals surface area contributed by atoms with Crippen LogP contribution in [0.25, 0.3) is 0 Å². The van der Waals surface area contributed by atoms with E-state index in [-0.39, 0.29) is 11.3 Å². The molecular weight excluding hydrogens is 278 g/mol. The van der Waals surface area contributed by atoms with Gasteiger partial charge < -0.3 is 10.1 Å². The summed E-state index contributed by atoms with van der Waals surface area (Å²) in [4.78, 5) is 19.2. The van der Waals surface area contributed by atoms with Crippen LogP contribution in [0.4, 0.5) is 5.82 Å². The van der Waals surface area contributed by atoms with E-state index >= 15 is 0 Å². The third-order valence-electron chi connectivity index (χ3n) is 4.42. The van der Waals surface area contributed by atoms with Gasteiger partial charge in [0, 0.05) is 25.0 Å². The van der Waals surface area contributed by atoms with Crippen molar-refractivity contribution < 1.29 is 9.53 Å². The van der Waals surface area contributed by atoms with E-state index in [2.05, 4.69) is 22.1 Å². The number of pyridine rings is 1. The third-order valence-corrected chi connectivity index (χ3v) is 4.42. The lowest BCUT2D eigenvalue weighted by atomic mass is 9.89. The Morgan fingerprint density at radius 2 is 2.05 bits per heavy atom. The lowest BCUT2D eigenvalue weighted by Gasteiger charge is -2.27. The molecular formula is C17H27N3O2. The van der Waals surface area contributed by atoms with Crippen LogP contribution in [0.5, 0.6) is 0 Å². The van der Waals surface area contributed by atoms with E-state index in [0.29, 0.717) is 5.82 Å². The molecule has 0 atom stereocenters. The van der Waals surface area contributed by atoms with E-state index in [1.807, 2.05) is 32.9 Å². The monoisotopic (exact) mass is 305 g/mol. The number of carbonyl (C=O) groups is 1. The van der Waals surface area contributed by atoms with E-state index in [1.54, 1.807) is 0 Å². The van der Waals surface area contributed by atoms with Crippen LogP contribution >= 0.6 is 0 Å². The van der Waals surface area contributed by atoms with Gasteiger partial charge in [-0.05, 0) is 25.0 Å². The highest BCUT2D eigenvalue weighted by atomic mass is 16.5. The molecule has 0 bridgehead atoms. The smallest absolute Gasteiger partial charge is 0.231 e. The molecule has 0 spiro atoms. The molecule has 22 heavy (non-hydrogen) atoms. The minimum Gasteiger partial charge on any atom is -0.379 e. The number of hydrogen-bond acceptors (Lipinski definition) is 4. The van der Waals surface area contributed by atoms with Crippen molar-refractivity contribution >= 4 is 11.7 Å². The second-order valence-corrected chi connectivity index (χ2v) is 6.54. The molecule has 1 aromatic rings. The highest BCUT2D eigenvalue weighted by Crippen LogP contribution is 2.22. The number of carbonyl (C=O) groups excluding carboxylic acids is 1. The molecule has 0 unspecified atom stereocenters. The molecule has 2 heterocycles. The zero-order valence-electron chi connectivity index (χ0n) is 14.1. The number of aryl methyl sites for hydroxylation is 1. The highest BCUT2D eigenvalue weighted by molar-refractivity contribution is 5.93. The summed E-state index contributed by atoms with van der Waals surface area (Å²) >= 11 is 0. The number of rotatable bonds is 5. The van der Waals surface area contributed by atoms with E-state index < -0.39 is 0 Å².